The molecule has 1 fully saturated rings. The fraction of sp³-hybridized carbons (Fsp3) is 0.353. The minimum absolute atomic E-state index is 0. The third kappa shape index (κ3) is 6.48. The highest BCUT2D eigenvalue weighted by atomic mass is 127. The molecule has 0 radical (unpaired) electrons. The van der Waals surface area contributed by atoms with E-state index in [1.165, 1.54) is 0 Å². The van der Waals surface area contributed by atoms with Gasteiger partial charge >= 0.3 is 0 Å². The summed E-state index contributed by atoms with van der Waals surface area (Å²) in [6.07, 6.45) is 4.59. The van der Waals surface area contributed by atoms with Crippen LogP contribution in [-0.2, 0) is 16.6 Å². The van der Waals surface area contributed by atoms with Crippen LogP contribution < -0.4 is 15.4 Å². The summed E-state index contributed by atoms with van der Waals surface area (Å²) < 4.78 is 25.1. The molecule has 0 bridgehead atoms. The van der Waals surface area contributed by atoms with Gasteiger partial charge in [-0.3, -0.25) is 4.72 Å². The molecule has 3 rings (SSSR count). The van der Waals surface area contributed by atoms with E-state index in [-0.39, 0.29) is 24.0 Å². The molecular formula is C17H24IN7O2S. The maximum Gasteiger partial charge on any atom is 0.229 e. The van der Waals surface area contributed by atoms with Crippen molar-refractivity contribution >= 4 is 51.6 Å². The molecule has 1 aliphatic rings. The Morgan fingerprint density at radius 2 is 1.86 bits per heavy atom. The van der Waals surface area contributed by atoms with E-state index in [9.17, 15) is 8.42 Å². The summed E-state index contributed by atoms with van der Waals surface area (Å²) in [7, 11) is -3.30. The van der Waals surface area contributed by atoms with Gasteiger partial charge in [-0.1, -0.05) is 12.1 Å². The van der Waals surface area contributed by atoms with Crippen LogP contribution in [0.3, 0.4) is 0 Å². The predicted molar refractivity (Wildman–Crippen MR) is 121 cm³/mol. The van der Waals surface area contributed by atoms with Gasteiger partial charge < -0.3 is 15.5 Å². The Kier molecular flexibility index (Phi) is 7.80. The number of benzene rings is 1. The summed E-state index contributed by atoms with van der Waals surface area (Å²) in [4.78, 5) is 17.1. The lowest BCUT2D eigenvalue weighted by Gasteiger charge is -2.35. The van der Waals surface area contributed by atoms with Crippen LogP contribution in [0.4, 0.5) is 11.6 Å². The van der Waals surface area contributed by atoms with Gasteiger partial charge in [0.15, 0.2) is 5.96 Å². The fourth-order valence-corrected chi connectivity index (χ4v) is 3.36. The Morgan fingerprint density at radius 3 is 2.50 bits per heavy atom. The van der Waals surface area contributed by atoms with Gasteiger partial charge in [-0.05, 0) is 23.8 Å². The SMILES string of the molecule is CS(=O)(=O)Nc1cccc(CN=C(N)N2CCN(c3ncccn3)CC2)c1.I. The third-order valence-electron chi connectivity index (χ3n) is 4.09. The molecule has 1 aromatic heterocycles. The molecule has 1 aliphatic heterocycles. The number of piperazine rings is 1. The molecule has 0 atom stereocenters. The number of nitrogens with zero attached hydrogens (tertiary/aromatic N) is 5. The van der Waals surface area contributed by atoms with E-state index in [2.05, 4.69) is 24.6 Å². The van der Waals surface area contributed by atoms with Crippen molar-refractivity contribution in [2.75, 3.05) is 42.1 Å². The van der Waals surface area contributed by atoms with Crippen LogP contribution in [0.25, 0.3) is 0 Å². The molecule has 0 unspecified atom stereocenters. The second kappa shape index (κ2) is 9.87. The van der Waals surface area contributed by atoms with Crippen molar-refractivity contribution in [2.24, 2.45) is 10.7 Å². The lowest BCUT2D eigenvalue weighted by atomic mass is 10.2. The Hall–Kier alpha value is -2.15. The topological polar surface area (TPSA) is 117 Å². The summed E-state index contributed by atoms with van der Waals surface area (Å²) >= 11 is 0. The minimum atomic E-state index is -3.30. The van der Waals surface area contributed by atoms with Crippen molar-refractivity contribution in [3.63, 3.8) is 0 Å². The molecule has 28 heavy (non-hydrogen) atoms. The molecule has 1 saturated heterocycles. The van der Waals surface area contributed by atoms with Gasteiger partial charge in [0.25, 0.3) is 0 Å². The quantitative estimate of drug-likeness (QED) is 0.347. The van der Waals surface area contributed by atoms with Crippen molar-refractivity contribution in [3.8, 4) is 0 Å². The lowest BCUT2D eigenvalue weighted by Crippen LogP contribution is -2.51. The van der Waals surface area contributed by atoms with Gasteiger partial charge in [0.05, 0.1) is 12.8 Å². The maximum absolute atomic E-state index is 11.3. The normalized spacial score (nSPS) is 15.1. The number of halogens is 1. The van der Waals surface area contributed by atoms with E-state index in [0.29, 0.717) is 18.2 Å². The summed E-state index contributed by atoms with van der Waals surface area (Å²) in [6.45, 7) is 3.40. The first-order valence-corrected chi connectivity index (χ1v) is 10.4. The highest BCUT2D eigenvalue weighted by Crippen LogP contribution is 2.13. The first kappa shape index (κ1) is 22.1. The van der Waals surface area contributed by atoms with Gasteiger partial charge in [-0.2, -0.15) is 0 Å². The van der Waals surface area contributed by atoms with Gasteiger partial charge in [-0.25, -0.2) is 23.4 Å². The number of nitrogens with one attached hydrogen (secondary N) is 1. The average molecular weight is 517 g/mol. The molecule has 0 saturated carbocycles. The average Bonchev–Trinajstić information content (AvgIpc) is 2.66. The maximum atomic E-state index is 11.3. The molecule has 152 valence electrons. The molecule has 9 nitrogen and oxygen atoms in total. The number of sulfonamides is 1. The summed E-state index contributed by atoms with van der Waals surface area (Å²) in [5.41, 5.74) is 7.53. The molecule has 11 heteroatoms. The van der Waals surface area contributed by atoms with Crippen LogP contribution in [0.2, 0.25) is 0 Å². The Labute approximate surface area is 182 Å². The van der Waals surface area contributed by atoms with Crippen molar-refractivity contribution in [1.82, 2.24) is 14.9 Å². The van der Waals surface area contributed by atoms with Gasteiger partial charge in [0.2, 0.25) is 16.0 Å². The number of anilines is 2. The summed E-state index contributed by atoms with van der Waals surface area (Å²) in [5.74, 6) is 1.20. The highest BCUT2D eigenvalue weighted by Gasteiger charge is 2.19. The number of rotatable bonds is 5. The first-order valence-electron chi connectivity index (χ1n) is 8.54. The molecule has 0 aliphatic carbocycles. The monoisotopic (exact) mass is 517 g/mol. The van der Waals surface area contributed by atoms with E-state index in [1.54, 1.807) is 36.7 Å². The highest BCUT2D eigenvalue weighted by molar-refractivity contribution is 14.0. The summed E-state index contributed by atoms with van der Waals surface area (Å²) in [6, 6.07) is 8.91. The molecule has 0 amide bonds. The molecular weight excluding hydrogens is 493 g/mol. The van der Waals surface area contributed by atoms with E-state index < -0.39 is 10.0 Å². The number of guanidine groups is 1. The van der Waals surface area contributed by atoms with Crippen molar-refractivity contribution in [3.05, 3.63) is 48.3 Å². The second-order valence-corrected chi connectivity index (χ2v) is 8.02. The van der Waals surface area contributed by atoms with Crippen molar-refractivity contribution in [2.45, 2.75) is 6.54 Å². The standard InChI is InChI=1S/C17H23N7O2S.HI/c1-27(25,26)22-15-5-2-4-14(12-15)13-21-16(18)23-8-10-24(11-9-23)17-19-6-3-7-20-17;/h2-7,12,22H,8-11,13H2,1H3,(H2,18,21);1H. The van der Waals surface area contributed by atoms with Crippen LogP contribution >= 0.6 is 24.0 Å². The van der Waals surface area contributed by atoms with Crippen LogP contribution in [0.5, 0.6) is 0 Å². The van der Waals surface area contributed by atoms with Gasteiger partial charge in [-0.15, -0.1) is 24.0 Å². The zero-order chi connectivity index (χ0) is 19.3. The van der Waals surface area contributed by atoms with E-state index in [0.717, 1.165) is 43.9 Å². The van der Waals surface area contributed by atoms with E-state index in [1.807, 2.05) is 11.0 Å². The van der Waals surface area contributed by atoms with Crippen LogP contribution in [0.15, 0.2) is 47.7 Å². The number of nitrogens with two attached hydrogens (primary N) is 1. The van der Waals surface area contributed by atoms with Crippen molar-refractivity contribution in [1.29, 1.82) is 0 Å². The van der Waals surface area contributed by atoms with E-state index >= 15 is 0 Å². The molecule has 3 N–H and O–H groups in total. The molecule has 2 aromatic rings. The molecule has 0 spiro atoms. The number of aromatic nitrogens is 2. The van der Waals surface area contributed by atoms with Gasteiger partial charge in [0.1, 0.15) is 0 Å². The van der Waals surface area contributed by atoms with Gasteiger partial charge in [0, 0.05) is 44.3 Å². The molecule has 2 heterocycles. The number of hydrogen-bond donors (Lipinski definition) is 2. The second-order valence-electron chi connectivity index (χ2n) is 6.27. The third-order valence-corrected chi connectivity index (χ3v) is 4.70. The largest absolute Gasteiger partial charge is 0.370 e. The number of aliphatic imine (C=N–C) groups is 1. The lowest BCUT2D eigenvalue weighted by molar-refractivity contribution is 0.378. The number of hydrogen-bond acceptors (Lipinski definition) is 6. The fourth-order valence-electron chi connectivity index (χ4n) is 2.81. The summed E-state index contributed by atoms with van der Waals surface area (Å²) in [5, 5.41) is 0. The Bertz CT molecular complexity index is 901. The van der Waals surface area contributed by atoms with Crippen LogP contribution in [0, 0.1) is 0 Å². The zero-order valence-corrected chi connectivity index (χ0v) is 18.7. The smallest absolute Gasteiger partial charge is 0.229 e. The Balaban J connectivity index is 0.00000280. The first-order chi connectivity index (χ1) is 12.9. The van der Waals surface area contributed by atoms with Crippen LogP contribution in [0.1, 0.15) is 5.56 Å². The van der Waals surface area contributed by atoms with Crippen LogP contribution in [-0.4, -0.2) is 61.7 Å². The minimum Gasteiger partial charge on any atom is -0.370 e. The predicted octanol–water partition coefficient (Wildman–Crippen LogP) is 1.10. The Morgan fingerprint density at radius 1 is 1.18 bits per heavy atom. The van der Waals surface area contributed by atoms with E-state index in [4.69, 9.17) is 5.73 Å². The zero-order valence-electron chi connectivity index (χ0n) is 15.5. The molecule has 1 aromatic carbocycles. The van der Waals surface area contributed by atoms with Crippen molar-refractivity contribution < 1.29 is 8.42 Å².